The molecule has 0 aliphatic carbocycles. The number of hydrogen-bond acceptors (Lipinski definition) is 1. The number of benzene rings is 1. The first-order chi connectivity index (χ1) is 7.34. The number of aryl methyl sites for hydroxylation is 1. The molecule has 2 N–H and O–H groups in total. The quantitative estimate of drug-likeness (QED) is 0.727. The summed E-state index contributed by atoms with van der Waals surface area (Å²) in [6, 6.07) is 8.78. The third-order valence-electron chi connectivity index (χ3n) is 3.39. The van der Waals surface area contributed by atoms with E-state index >= 15 is 0 Å². The Morgan fingerprint density at radius 1 is 1.33 bits per heavy atom. The maximum atomic E-state index is 3.57. The minimum atomic E-state index is 0.678. The molecule has 2 heteroatoms. The van der Waals surface area contributed by atoms with E-state index in [1.54, 1.807) is 0 Å². The monoisotopic (exact) mass is 200 g/mol. The predicted octanol–water partition coefficient (Wildman–Crippen LogP) is 2.55. The van der Waals surface area contributed by atoms with Gasteiger partial charge >= 0.3 is 0 Å². The summed E-state index contributed by atoms with van der Waals surface area (Å²) in [5.41, 5.74) is 4.04. The first kappa shape index (κ1) is 8.98. The lowest BCUT2D eigenvalue weighted by Crippen LogP contribution is -2.07. The summed E-state index contributed by atoms with van der Waals surface area (Å²) in [5.74, 6) is 0.678. The standard InChI is InChI=1S/C13H16N2/c1-9-3-2-4-10-7-12(15-13(9)10)11-5-6-14-8-11/h2-4,7,11,14-15H,5-6,8H2,1H3. The normalized spacial score (nSPS) is 21.3. The summed E-state index contributed by atoms with van der Waals surface area (Å²) in [6.07, 6.45) is 1.26. The van der Waals surface area contributed by atoms with Crippen LogP contribution in [0.2, 0.25) is 0 Å². The number of H-pyrrole nitrogens is 1. The van der Waals surface area contributed by atoms with Gasteiger partial charge in [-0.25, -0.2) is 0 Å². The zero-order valence-electron chi connectivity index (χ0n) is 9.01. The maximum Gasteiger partial charge on any atom is 0.0485 e. The van der Waals surface area contributed by atoms with Crippen LogP contribution in [0.25, 0.3) is 10.9 Å². The van der Waals surface area contributed by atoms with Crippen LogP contribution in [0.4, 0.5) is 0 Å². The van der Waals surface area contributed by atoms with Crippen molar-refractivity contribution in [3.05, 3.63) is 35.5 Å². The molecule has 1 fully saturated rings. The van der Waals surface area contributed by atoms with Crippen molar-refractivity contribution in [2.75, 3.05) is 13.1 Å². The van der Waals surface area contributed by atoms with E-state index in [-0.39, 0.29) is 0 Å². The lowest BCUT2D eigenvalue weighted by atomic mass is 10.1. The number of hydrogen-bond donors (Lipinski definition) is 2. The van der Waals surface area contributed by atoms with Crippen LogP contribution in [0.3, 0.4) is 0 Å². The molecule has 1 aromatic heterocycles. The molecule has 0 spiro atoms. The molecule has 2 nitrogen and oxygen atoms in total. The zero-order valence-corrected chi connectivity index (χ0v) is 9.01. The molecule has 2 heterocycles. The fourth-order valence-corrected chi connectivity index (χ4v) is 2.47. The number of nitrogens with one attached hydrogen (secondary N) is 2. The summed E-state index contributed by atoms with van der Waals surface area (Å²) < 4.78 is 0. The molecule has 1 aromatic carbocycles. The fraction of sp³-hybridized carbons (Fsp3) is 0.385. The molecule has 78 valence electrons. The SMILES string of the molecule is Cc1cccc2cc(C3CCNC3)[nH]c12. The van der Waals surface area contributed by atoms with Gasteiger partial charge in [0.25, 0.3) is 0 Å². The summed E-state index contributed by atoms with van der Waals surface area (Å²) >= 11 is 0. The second kappa shape index (κ2) is 3.38. The predicted molar refractivity (Wildman–Crippen MR) is 63.3 cm³/mol. The minimum absolute atomic E-state index is 0.678. The van der Waals surface area contributed by atoms with Crippen molar-refractivity contribution >= 4 is 10.9 Å². The molecule has 1 aliphatic heterocycles. The first-order valence-electron chi connectivity index (χ1n) is 5.63. The largest absolute Gasteiger partial charge is 0.358 e. The van der Waals surface area contributed by atoms with E-state index in [2.05, 4.69) is 41.5 Å². The second-order valence-corrected chi connectivity index (χ2v) is 4.45. The van der Waals surface area contributed by atoms with E-state index in [0.717, 1.165) is 13.1 Å². The lowest BCUT2D eigenvalue weighted by molar-refractivity contribution is 0.743. The molecule has 1 aliphatic rings. The van der Waals surface area contributed by atoms with E-state index < -0.39 is 0 Å². The van der Waals surface area contributed by atoms with Crippen molar-refractivity contribution in [1.82, 2.24) is 10.3 Å². The summed E-state index contributed by atoms with van der Waals surface area (Å²) in [5, 5.41) is 4.75. The van der Waals surface area contributed by atoms with Crippen LogP contribution in [0.5, 0.6) is 0 Å². The van der Waals surface area contributed by atoms with Gasteiger partial charge in [0.1, 0.15) is 0 Å². The Labute approximate surface area is 89.7 Å². The molecule has 1 atom stereocenters. The average molecular weight is 200 g/mol. The Morgan fingerprint density at radius 2 is 2.27 bits per heavy atom. The van der Waals surface area contributed by atoms with E-state index in [9.17, 15) is 0 Å². The van der Waals surface area contributed by atoms with Crippen LogP contribution in [0.1, 0.15) is 23.6 Å². The Morgan fingerprint density at radius 3 is 3.00 bits per heavy atom. The molecule has 1 unspecified atom stereocenters. The van der Waals surface area contributed by atoms with Crippen LogP contribution in [0, 0.1) is 6.92 Å². The van der Waals surface area contributed by atoms with Gasteiger partial charge in [0, 0.05) is 23.7 Å². The van der Waals surface area contributed by atoms with Crippen LogP contribution in [0.15, 0.2) is 24.3 Å². The highest BCUT2D eigenvalue weighted by Crippen LogP contribution is 2.26. The molecule has 3 rings (SSSR count). The first-order valence-corrected chi connectivity index (χ1v) is 5.63. The summed E-state index contributed by atoms with van der Waals surface area (Å²) in [7, 11) is 0. The molecule has 2 aromatic rings. The molecule has 0 radical (unpaired) electrons. The van der Waals surface area contributed by atoms with Gasteiger partial charge in [0.05, 0.1) is 0 Å². The van der Waals surface area contributed by atoms with Crippen molar-refractivity contribution < 1.29 is 0 Å². The molecular formula is C13H16N2. The van der Waals surface area contributed by atoms with E-state index in [0.29, 0.717) is 5.92 Å². The van der Waals surface area contributed by atoms with Gasteiger partial charge in [-0.3, -0.25) is 0 Å². The van der Waals surface area contributed by atoms with Crippen molar-refractivity contribution in [2.45, 2.75) is 19.3 Å². The van der Waals surface area contributed by atoms with Gasteiger partial charge in [-0.2, -0.15) is 0 Å². The van der Waals surface area contributed by atoms with E-state index in [1.165, 1.54) is 28.6 Å². The molecule has 15 heavy (non-hydrogen) atoms. The number of aromatic nitrogens is 1. The van der Waals surface area contributed by atoms with E-state index in [1.807, 2.05) is 0 Å². The molecule has 0 amide bonds. The lowest BCUT2D eigenvalue weighted by Gasteiger charge is -2.03. The molecule has 0 saturated carbocycles. The van der Waals surface area contributed by atoms with Gasteiger partial charge in [0.2, 0.25) is 0 Å². The topological polar surface area (TPSA) is 27.8 Å². The third kappa shape index (κ3) is 1.45. The Bertz CT molecular complexity index is 478. The highest BCUT2D eigenvalue weighted by molar-refractivity contribution is 5.83. The smallest absolute Gasteiger partial charge is 0.0485 e. The van der Waals surface area contributed by atoms with Crippen LogP contribution in [-0.4, -0.2) is 18.1 Å². The van der Waals surface area contributed by atoms with Gasteiger partial charge in [-0.1, -0.05) is 18.2 Å². The maximum absolute atomic E-state index is 3.57. The average Bonchev–Trinajstić information content (AvgIpc) is 2.86. The van der Waals surface area contributed by atoms with Crippen LogP contribution in [-0.2, 0) is 0 Å². The fourth-order valence-electron chi connectivity index (χ4n) is 2.47. The summed E-state index contributed by atoms with van der Waals surface area (Å²) in [6.45, 7) is 4.43. The summed E-state index contributed by atoms with van der Waals surface area (Å²) in [4.78, 5) is 3.57. The number of fused-ring (bicyclic) bond motifs is 1. The highest BCUT2D eigenvalue weighted by Gasteiger charge is 2.18. The van der Waals surface area contributed by atoms with Crippen molar-refractivity contribution in [1.29, 1.82) is 0 Å². The third-order valence-corrected chi connectivity index (χ3v) is 3.39. The van der Waals surface area contributed by atoms with Gasteiger partial charge in [-0.15, -0.1) is 0 Å². The van der Waals surface area contributed by atoms with Gasteiger partial charge < -0.3 is 10.3 Å². The number of rotatable bonds is 1. The highest BCUT2D eigenvalue weighted by atomic mass is 14.9. The Hall–Kier alpha value is -1.28. The van der Waals surface area contributed by atoms with Crippen molar-refractivity contribution in [3.63, 3.8) is 0 Å². The Balaban J connectivity index is 2.09. The van der Waals surface area contributed by atoms with E-state index in [4.69, 9.17) is 0 Å². The second-order valence-electron chi connectivity index (χ2n) is 4.45. The number of para-hydroxylation sites is 1. The Kier molecular flexibility index (Phi) is 2.03. The van der Waals surface area contributed by atoms with Crippen molar-refractivity contribution in [2.24, 2.45) is 0 Å². The van der Waals surface area contributed by atoms with Crippen molar-refractivity contribution in [3.8, 4) is 0 Å². The number of aromatic amines is 1. The molecule has 0 bridgehead atoms. The van der Waals surface area contributed by atoms with Crippen LogP contribution >= 0.6 is 0 Å². The zero-order chi connectivity index (χ0) is 10.3. The van der Waals surface area contributed by atoms with Gasteiger partial charge in [0.15, 0.2) is 0 Å². The van der Waals surface area contributed by atoms with Gasteiger partial charge in [-0.05, 0) is 36.9 Å². The minimum Gasteiger partial charge on any atom is -0.358 e. The molecule has 1 saturated heterocycles. The van der Waals surface area contributed by atoms with Crippen LogP contribution < -0.4 is 5.32 Å². The molecular weight excluding hydrogens is 184 g/mol.